The Hall–Kier alpha value is -2.36. The first kappa shape index (κ1) is 13.1. The van der Waals surface area contributed by atoms with Crippen molar-refractivity contribution in [2.24, 2.45) is 0 Å². The molecular formula is C15H14O4. The maximum Gasteiger partial charge on any atom is 0.338 e. The number of aromatic carboxylic acids is 1. The van der Waals surface area contributed by atoms with E-state index in [1.165, 1.54) is 12.1 Å². The molecule has 0 bridgehead atoms. The minimum atomic E-state index is -1.01. The molecule has 98 valence electrons. The van der Waals surface area contributed by atoms with Gasteiger partial charge in [0.05, 0.1) is 17.7 Å². The number of hydrogen-bond acceptors (Lipinski definition) is 3. The van der Waals surface area contributed by atoms with Gasteiger partial charge in [0.15, 0.2) is 0 Å². The van der Waals surface area contributed by atoms with Crippen LogP contribution in [0.5, 0.6) is 0 Å². The summed E-state index contributed by atoms with van der Waals surface area (Å²) in [5.41, 5.74) is 0.580. The predicted octanol–water partition coefficient (Wildman–Crippen LogP) is 3.10. The second kappa shape index (κ2) is 5.52. The van der Waals surface area contributed by atoms with Crippen LogP contribution in [-0.4, -0.2) is 23.7 Å². The second-order valence-corrected chi connectivity index (χ2v) is 4.15. The van der Waals surface area contributed by atoms with Crippen molar-refractivity contribution in [3.8, 4) is 0 Å². The number of carbonyl (C=O) groups is 2. The summed E-state index contributed by atoms with van der Waals surface area (Å²) in [5, 5.41) is 10.3. The van der Waals surface area contributed by atoms with Crippen LogP contribution in [-0.2, 0) is 4.74 Å². The van der Waals surface area contributed by atoms with Gasteiger partial charge in [-0.15, -0.1) is 0 Å². The number of ether oxygens (including phenoxy) is 1. The summed E-state index contributed by atoms with van der Waals surface area (Å²) >= 11 is 0. The molecule has 0 saturated heterocycles. The Bertz CT molecular complexity index is 631. The molecule has 0 atom stereocenters. The third-order valence-corrected chi connectivity index (χ3v) is 2.81. The molecule has 0 fully saturated rings. The van der Waals surface area contributed by atoms with Gasteiger partial charge in [0.25, 0.3) is 0 Å². The normalized spacial score (nSPS) is 10.4. The summed E-state index contributed by atoms with van der Waals surface area (Å²) in [5.74, 6) is -1.43. The largest absolute Gasteiger partial charge is 0.478 e. The highest BCUT2D eigenvalue weighted by atomic mass is 16.5. The fourth-order valence-corrected chi connectivity index (χ4v) is 1.94. The van der Waals surface area contributed by atoms with E-state index in [-0.39, 0.29) is 5.56 Å². The van der Waals surface area contributed by atoms with Gasteiger partial charge in [-0.1, -0.05) is 31.2 Å². The third-order valence-electron chi connectivity index (χ3n) is 2.81. The molecule has 0 saturated carbocycles. The number of carboxylic acid groups (broad SMARTS) is 1. The number of hydrogen-bond donors (Lipinski definition) is 1. The average molecular weight is 258 g/mol. The first-order chi connectivity index (χ1) is 9.15. The topological polar surface area (TPSA) is 63.6 Å². The highest BCUT2D eigenvalue weighted by Crippen LogP contribution is 2.23. The molecule has 19 heavy (non-hydrogen) atoms. The molecule has 0 aliphatic carbocycles. The molecule has 2 aromatic rings. The Morgan fingerprint density at radius 3 is 2.21 bits per heavy atom. The molecular weight excluding hydrogens is 244 g/mol. The van der Waals surface area contributed by atoms with Crippen LogP contribution in [0, 0.1) is 0 Å². The number of benzene rings is 2. The predicted molar refractivity (Wildman–Crippen MR) is 71.5 cm³/mol. The van der Waals surface area contributed by atoms with Gasteiger partial charge in [-0.2, -0.15) is 0 Å². The second-order valence-electron chi connectivity index (χ2n) is 4.15. The van der Waals surface area contributed by atoms with Gasteiger partial charge in [0.1, 0.15) is 0 Å². The molecule has 0 heterocycles. The third kappa shape index (κ3) is 2.57. The average Bonchev–Trinajstić information content (AvgIpc) is 2.43. The van der Waals surface area contributed by atoms with Crippen molar-refractivity contribution in [1.29, 1.82) is 0 Å². The number of fused-ring (bicyclic) bond motifs is 1. The Balaban J connectivity index is 2.55. The van der Waals surface area contributed by atoms with Crippen LogP contribution in [0.3, 0.4) is 0 Å². The lowest BCUT2D eigenvalue weighted by molar-refractivity contribution is 0.0506. The maximum atomic E-state index is 11.9. The molecule has 0 spiro atoms. The molecule has 0 unspecified atom stereocenters. The lowest BCUT2D eigenvalue weighted by Gasteiger charge is -2.08. The molecule has 0 aliphatic heterocycles. The van der Waals surface area contributed by atoms with Gasteiger partial charge in [0.2, 0.25) is 0 Å². The summed E-state index contributed by atoms with van der Waals surface area (Å²) in [6, 6.07) is 9.87. The van der Waals surface area contributed by atoms with Gasteiger partial charge in [0, 0.05) is 0 Å². The zero-order valence-electron chi connectivity index (χ0n) is 10.6. The highest BCUT2D eigenvalue weighted by molar-refractivity contribution is 6.11. The zero-order valence-corrected chi connectivity index (χ0v) is 10.6. The van der Waals surface area contributed by atoms with E-state index in [1.54, 1.807) is 24.3 Å². The van der Waals surface area contributed by atoms with E-state index in [2.05, 4.69) is 0 Å². The first-order valence-corrected chi connectivity index (χ1v) is 6.07. The van der Waals surface area contributed by atoms with E-state index in [4.69, 9.17) is 9.84 Å². The molecule has 2 aromatic carbocycles. The molecule has 0 amide bonds. The van der Waals surface area contributed by atoms with Crippen molar-refractivity contribution in [2.45, 2.75) is 13.3 Å². The lowest BCUT2D eigenvalue weighted by atomic mass is 9.99. The van der Waals surface area contributed by atoms with Crippen LogP contribution in [0.2, 0.25) is 0 Å². The number of rotatable bonds is 4. The Morgan fingerprint density at radius 2 is 1.63 bits per heavy atom. The summed E-state index contributed by atoms with van der Waals surface area (Å²) in [7, 11) is 0. The molecule has 0 radical (unpaired) electrons. The Kier molecular flexibility index (Phi) is 3.80. The van der Waals surface area contributed by atoms with Gasteiger partial charge >= 0.3 is 11.9 Å². The van der Waals surface area contributed by atoms with E-state index >= 15 is 0 Å². The minimum Gasteiger partial charge on any atom is -0.478 e. The lowest BCUT2D eigenvalue weighted by Crippen LogP contribution is -2.08. The van der Waals surface area contributed by atoms with E-state index in [0.717, 1.165) is 6.42 Å². The van der Waals surface area contributed by atoms with Crippen LogP contribution in [0.4, 0.5) is 0 Å². The van der Waals surface area contributed by atoms with Crippen molar-refractivity contribution in [3.63, 3.8) is 0 Å². The molecule has 4 heteroatoms. The molecule has 0 aromatic heterocycles. The quantitative estimate of drug-likeness (QED) is 0.856. The van der Waals surface area contributed by atoms with Crippen LogP contribution in [0.25, 0.3) is 10.8 Å². The van der Waals surface area contributed by atoms with Crippen molar-refractivity contribution in [2.75, 3.05) is 6.61 Å². The van der Waals surface area contributed by atoms with Crippen molar-refractivity contribution >= 4 is 22.7 Å². The smallest absolute Gasteiger partial charge is 0.338 e. The number of carboxylic acids is 1. The van der Waals surface area contributed by atoms with E-state index in [0.29, 0.717) is 22.9 Å². The summed E-state index contributed by atoms with van der Waals surface area (Å²) < 4.78 is 5.10. The van der Waals surface area contributed by atoms with Gasteiger partial charge in [-0.05, 0) is 29.3 Å². The maximum absolute atomic E-state index is 11.9. The molecule has 0 aliphatic rings. The van der Waals surface area contributed by atoms with Crippen molar-refractivity contribution < 1.29 is 19.4 Å². The van der Waals surface area contributed by atoms with Crippen LogP contribution in [0.1, 0.15) is 34.1 Å². The van der Waals surface area contributed by atoms with E-state index < -0.39 is 11.9 Å². The first-order valence-electron chi connectivity index (χ1n) is 6.07. The highest BCUT2D eigenvalue weighted by Gasteiger charge is 2.15. The van der Waals surface area contributed by atoms with E-state index in [9.17, 15) is 9.59 Å². The number of carbonyl (C=O) groups excluding carboxylic acids is 1. The fourth-order valence-electron chi connectivity index (χ4n) is 1.94. The standard InChI is InChI=1S/C15H14O4/c1-2-9-19-15(18)13-8-7-12(14(16)17)10-5-3-4-6-11(10)13/h3-8H,2,9H2,1H3,(H,16,17). The Morgan fingerprint density at radius 1 is 1.05 bits per heavy atom. The molecule has 4 nitrogen and oxygen atoms in total. The van der Waals surface area contributed by atoms with Crippen LogP contribution >= 0.6 is 0 Å². The summed E-state index contributed by atoms with van der Waals surface area (Å²) in [6.45, 7) is 2.27. The van der Waals surface area contributed by atoms with Gasteiger partial charge in [-0.25, -0.2) is 9.59 Å². The van der Waals surface area contributed by atoms with Crippen LogP contribution < -0.4 is 0 Å². The minimum absolute atomic E-state index is 0.183. The van der Waals surface area contributed by atoms with Crippen molar-refractivity contribution in [1.82, 2.24) is 0 Å². The zero-order chi connectivity index (χ0) is 13.8. The SMILES string of the molecule is CCCOC(=O)c1ccc(C(=O)O)c2ccccc12. The Labute approximate surface area is 110 Å². The summed E-state index contributed by atoms with van der Waals surface area (Å²) in [6.07, 6.45) is 0.747. The molecule has 1 N–H and O–H groups in total. The fraction of sp³-hybridized carbons (Fsp3) is 0.200. The van der Waals surface area contributed by atoms with E-state index in [1.807, 2.05) is 6.92 Å². The summed E-state index contributed by atoms with van der Waals surface area (Å²) in [4.78, 5) is 23.1. The van der Waals surface area contributed by atoms with Crippen LogP contribution in [0.15, 0.2) is 36.4 Å². The van der Waals surface area contributed by atoms with Gasteiger partial charge < -0.3 is 9.84 Å². The van der Waals surface area contributed by atoms with Gasteiger partial charge in [-0.3, -0.25) is 0 Å². The molecule has 2 rings (SSSR count). The monoisotopic (exact) mass is 258 g/mol. The van der Waals surface area contributed by atoms with Crippen molar-refractivity contribution in [3.05, 3.63) is 47.5 Å². The number of esters is 1.